The Bertz CT molecular complexity index is 433. The van der Waals surface area contributed by atoms with Crippen molar-refractivity contribution in [2.45, 2.75) is 39.7 Å². The fourth-order valence-electron chi connectivity index (χ4n) is 1.49. The zero-order valence-electron chi connectivity index (χ0n) is 11.5. The van der Waals surface area contributed by atoms with Gasteiger partial charge in [0.25, 0.3) is 0 Å². The van der Waals surface area contributed by atoms with E-state index in [1.807, 2.05) is 12.1 Å². The van der Waals surface area contributed by atoms with Gasteiger partial charge in [-0.1, -0.05) is 36.2 Å². The van der Waals surface area contributed by atoms with Crippen molar-refractivity contribution < 1.29 is 0 Å². The first kappa shape index (κ1) is 15.7. The summed E-state index contributed by atoms with van der Waals surface area (Å²) < 4.78 is 0.942. The van der Waals surface area contributed by atoms with Crippen LogP contribution in [0.25, 0.3) is 6.08 Å². The van der Waals surface area contributed by atoms with Gasteiger partial charge in [0.2, 0.25) is 0 Å². The second-order valence-electron chi connectivity index (χ2n) is 5.43. The Balaban J connectivity index is 2.80. The van der Waals surface area contributed by atoms with Gasteiger partial charge in [0.1, 0.15) is 0 Å². The molecular weight excluding hydrogens is 310 g/mol. The monoisotopic (exact) mass is 329 g/mol. The van der Waals surface area contributed by atoms with Crippen molar-refractivity contribution in [3.63, 3.8) is 0 Å². The fourth-order valence-corrected chi connectivity index (χ4v) is 2.01. The van der Waals surface area contributed by atoms with Gasteiger partial charge in [-0.05, 0) is 60.8 Å². The van der Waals surface area contributed by atoms with Crippen LogP contribution < -0.4 is 5.32 Å². The van der Waals surface area contributed by atoms with Crippen LogP contribution in [0.1, 0.15) is 39.7 Å². The predicted octanol–water partition coefficient (Wildman–Crippen LogP) is 5.28. The van der Waals surface area contributed by atoms with Crippen molar-refractivity contribution in [3.05, 3.63) is 38.8 Å². The minimum absolute atomic E-state index is 0.148. The van der Waals surface area contributed by atoms with Crippen LogP contribution in [0.15, 0.2) is 28.2 Å². The average molecular weight is 331 g/mol. The van der Waals surface area contributed by atoms with Gasteiger partial charge in [0, 0.05) is 16.6 Å². The SMILES string of the molecule is CC/C(=C/c1ccc(Cl)c(Br)c1)CNC(C)(C)C. The number of halogens is 2. The molecular formula is C15H21BrClN. The Hall–Kier alpha value is -0.310. The molecule has 100 valence electrons. The third kappa shape index (κ3) is 5.55. The summed E-state index contributed by atoms with van der Waals surface area (Å²) in [7, 11) is 0. The van der Waals surface area contributed by atoms with Gasteiger partial charge in [-0.2, -0.15) is 0 Å². The quantitative estimate of drug-likeness (QED) is 0.791. The van der Waals surface area contributed by atoms with E-state index >= 15 is 0 Å². The highest BCUT2D eigenvalue weighted by atomic mass is 79.9. The zero-order chi connectivity index (χ0) is 13.8. The van der Waals surface area contributed by atoms with Gasteiger partial charge in [-0.3, -0.25) is 0 Å². The lowest BCUT2D eigenvalue weighted by molar-refractivity contribution is 0.443. The van der Waals surface area contributed by atoms with Gasteiger partial charge in [-0.15, -0.1) is 0 Å². The van der Waals surface area contributed by atoms with Crippen molar-refractivity contribution >= 4 is 33.6 Å². The molecule has 0 saturated heterocycles. The summed E-state index contributed by atoms with van der Waals surface area (Å²) >= 11 is 9.44. The second-order valence-corrected chi connectivity index (χ2v) is 6.69. The normalized spacial score (nSPS) is 12.9. The Morgan fingerprint density at radius 2 is 2.06 bits per heavy atom. The average Bonchev–Trinajstić information content (AvgIpc) is 2.28. The highest BCUT2D eigenvalue weighted by Gasteiger charge is 2.08. The van der Waals surface area contributed by atoms with Gasteiger partial charge in [0.15, 0.2) is 0 Å². The first-order valence-electron chi connectivity index (χ1n) is 6.21. The van der Waals surface area contributed by atoms with E-state index in [1.54, 1.807) is 0 Å². The lowest BCUT2D eigenvalue weighted by Gasteiger charge is -2.21. The molecule has 0 unspecified atom stereocenters. The van der Waals surface area contributed by atoms with E-state index in [9.17, 15) is 0 Å². The molecule has 0 amide bonds. The molecule has 3 heteroatoms. The maximum Gasteiger partial charge on any atom is 0.0548 e. The van der Waals surface area contributed by atoms with Crippen molar-refractivity contribution in [3.8, 4) is 0 Å². The molecule has 1 rings (SSSR count). The minimum Gasteiger partial charge on any atom is -0.308 e. The summed E-state index contributed by atoms with van der Waals surface area (Å²) in [6.07, 6.45) is 3.27. The maximum absolute atomic E-state index is 5.99. The van der Waals surface area contributed by atoms with Gasteiger partial charge >= 0.3 is 0 Å². The number of benzene rings is 1. The van der Waals surface area contributed by atoms with E-state index in [0.29, 0.717) is 0 Å². The molecule has 1 N–H and O–H groups in total. The molecule has 1 nitrogen and oxygen atoms in total. The summed E-state index contributed by atoms with van der Waals surface area (Å²) in [5.74, 6) is 0. The van der Waals surface area contributed by atoms with Crippen LogP contribution in [0.5, 0.6) is 0 Å². The van der Waals surface area contributed by atoms with E-state index in [0.717, 1.165) is 22.5 Å². The molecule has 0 aromatic heterocycles. The van der Waals surface area contributed by atoms with Crippen LogP contribution in [0.2, 0.25) is 5.02 Å². The van der Waals surface area contributed by atoms with Crippen LogP contribution in [0.3, 0.4) is 0 Å². The summed E-state index contributed by atoms with van der Waals surface area (Å²) in [5, 5.41) is 4.26. The summed E-state index contributed by atoms with van der Waals surface area (Å²) in [6, 6.07) is 6.01. The van der Waals surface area contributed by atoms with E-state index in [2.05, 4.69) is 61.1 Å². The fraction of sp³-hybridized carbons (Fsp3) is 0.467. The molecule has 0 aliphatic carbocycles. The van der Waals surface area contributed by atoms with Gasteiger partial charge in [-0.25, -0.2) is 0 Å². The number of nitrogens with one attached hydrogen (secondary N) is 1. The molecule has 0 fully saturated rings. The predicted molar refractivity (Wildman–Crippen MR) is 85.2 cm³/mol. The Kier molecular flexibility index (Phi) is 5.90. The Labute approximate surface area is 124 Å². The van der Waals surface area contributed by atoms with Gasteiger partial charge < -0.3 is 5.32 Å². The van der Waals surface area contributed by atoms with Crippen LogP contribution in [-0.2, 0) is 0 Å². The minimum atomic E-state index is 0.148. The van der Waals surface area contributed by atoms with E-state index in [1.165, 1.54) is 11.1 Å². The first-order chi connectivity index (χ1) is 8.31. The number of hydrogen-bond acceptors (Lipinski definition) is 1. The Morgan fingerprint density at radius 3 is 2.56 bits per heavy atom. The molecule has 0 radical (unpaired) electrons. The zero-order valence-corrected chi connectivity index (χ0v) is 13.8. The molecule has 0 aliphatic rings. The highest BCUT2D eigenvalue weighted by Crippen LogP contribution is 2.24. The lowest BCUT2D eigenvalue weighted by Crippen LogP contribution is -2.36. The highest BCUT2D eigenvalue weighted by molar-refractivity contribution is 9.10. The second kappa shape index (κ2) is 6.74. The molecule has 0 spiro atoms. The standard InChI is InChI=1S/C15H21BrClN/c1-5-11(10-18-15(2,3)4)8-12-6-7-14(17)13(16)9-12/h6-9,18H,5,10H2,1-4H3/b11-8-. The lowest BCUT2D eigenvalue weighted by atomic mass is 10.1. The molecule has 0 saturated carbocycles. The molecule has 0 bridgehead atoms. The molecule has 0 heterocycles. The third-order valence-electron chi connectivity index (χ3n) is 2.61. The van der Waals surface area contributed by atoms with E-state index in [-0.39, 0.29) is 5.54 Å². The van der Waals surface area contributed by atoms with E-state index in [4.69, 9.17) is 11.6 Å². The van der Waals surface area contributed by atoms with Crippen molar-refractivity contribution in [2.75, 3.05) is 6.54 Å². The van der Waals surface area contributed by atoms with Gasteiger partial charge in [0.05, 0.1) is 5.02 Å². The van der Waals surface area contributed by atoms with Crippen molar-refractivity contribution in [2.24, 2.45) is 0 Å². The topological polar surface area (TPSA) is 12.0 Å². The van der Waals surface area contributed by atoms with Crippen LogP contribution in [-0.4, -0.2) is 12.1 Å². The smallest absolute Gasteiger partial charge is 0.0548 e. The van der Waals surface area contributed by atoms with Crippen LogP contribution in [0.4, 0.5) is 0 Å². The largest absolute Gasteiger partial charge is 0.308 e. The molecule has 1 aromatic rings. The van der Waals surface area contributed by atoms with Crippen LogP contribution in [0, 0.1) is 0 Å². The number of hydrogen-bond donors (Lipinski definition) is 1. The van der Waals surface area contributed by atoms with Crippen molar-refractivity contribution in [1.29, 1.82) is 0 Å². The Morgan fingerprint density at radius 1 is 1.39 bits per heavy atom. The third-order valence-corrected chi connectivity index (χ3v) is 3.83. The first-order valence-corrected chi connectivity index (χ1v) is 7.38. The van der Waals surface area contributed by atoms with Crippen molar-refractivity contribution in [1.82, 2.24) is 5.32 Å². The summed E-state index contributed by atoms with van der Waals surface area (Å²) in [4.78, 5) is 0. The van der Waals surface area contributed by atoms with E-state index < -0.39 is 0 Å². The molecule has 18 heavy (non-hydrogen) atoms. The number of rotatable bonds is 4. The van der Waals surface area contributed by atoms with Crippen LogP contribution >= 0.6 is 27.5 Å². The molecule has 0 aliphatic heterocycles. The maximum atomic E-state index is 5.99. The summed E-state index contributed by atoms with van der Waals surface area (Å²) in [5.41, 5.74) is 2.72. The molecule has 0 atom stereocenters. The summed E-state index contributed by atoms with van der Waals surface area (Å²) in [6.45, 7) is 9.64. The molecule has 1 aromatic carbocycles.